The van der Waals surface area contributed by atoms with Crippen molar-refractivity contribution in [3.05, 3.63) is 0 Å². The Kier molecular flexibility index (Phi) is 12.2. The first-order valence-electron chi connectivity index (χ1n) is 10.0. The quantitative estimate of drug-likeness (QED) is 0.365. The Labute approximate surface area is 143 Å². The van der Waals surface area contributed by atoms with Crippen LogP contribution in [0.4, 0.5) is 0 Å². The second-order valence-corrected chi connectivity index (χ2v) is 7.03. The molecule has 0 aliphatic carbocycles. The zero-order valence-corrected chi connectivity index (χ0v) is 15.4. The van der Waals surface area contributed by atoms with Crippen LogP contribution in [0, 0.1) is 5.92 Å². The van der Waals surface area contributed by atoms with E-state index in [1.807, 2.05) is 0 Å². The zero-order valence-electron chi connectivity index (χ0n) is 15.4. The smallest absolute Gasteiger partial charge is 0.209 e. The molecule has 0 aromatic rings. The summed E-state index contributed by atoms with van der Waals surface area (Å²) in [5, 5.41) is 16.8. The van der Waals surface area contributed by atoms with Crippen molar-refractivity contribution in [1.82, 2.24) is 0 Å². The summed E-state index contributed by atoms with van der Waals surface area (Å²) >= 11 is 0. The monoisotopic (exact) mass is 326 g/mol. The Balaban J connectivity index is 1.87. The van der Waals surface area contributed by atoms with Crippen molar-refractivity contribution in [2.24, 2.45) is 16.3 Å². The molecule has 3 atom stereocenters. The van der Waals surface area contributed by atoms with Gasteiger partial charge < -0.3 is 9.94 Å². The normalized spacial score (nSPS) is 21.5. The van der Waals surface area contributed by atoms with Crippen molar-refractivity contribution >= 4 is 0 Å². The van der Waals surface area contributed by atoms with Crippen molar-refractivity contribution in [3.8, 4) is 0 Å². The fourth-order valence-electron chi connectivity index (χ4n) is 3.43. The number of hydrogen-bond donors (Lipinski definition) is 1. The molecule has 0 saturated carbocycles. The van der Waals surface area contributed by atoms with Gasteiger partial charge in [0.2, 0.25) is 6.23 Å². The van der Waals surface area contributed by atoms with Crippen molar-refractivity contribution in [1.29, 1.82) is 0 Å². The maximum Gasteiger partial charge on any atom is 0.209 e. The summed E-state index contributed by atoms with van der Waals surface area (Å²) in [6.45, 7) is 4.43. The van der Waals surface area contributed by atoms with E-state index in [4.69, 9.17) is 4.84 Å². The summed E-state index contributed by atoms with van der Waals surface area (Å²) in [4.78, 5) is 5.18. The van der Waals surface area contributed by atoms with Gasteiger partial charge in [0.05, 0.1) is 0 Å². The molecule has 0 spiro atoms. The number of aliphatic hydroxyl groups excluding tert-OH is 1. The van der Waals surface area contributed by atoms with E-state index in [2.05, 4.69) is 24.2 Å². The third kappa shape index (κ3) is 9.29. The highest BCUT2D eigenvalue weighted by molar-refractivity contribution is 4.76. The van der Waals surface area contributed by atoms with Crippen molar-refractivity contribution in [2.75, 3.05) is 0 Å². The van der Waals surface area contributed by atoms with Crippen molar-refractivity contribution in [3.63, 3.8) is 0 Å². The highest BCUT2D eigenvalue weighted by Crippen LogP contribution is 2.26. The molecule has 0 amide bonds. The number of unbranched alkanes of at least 4 members (excludes halogenated alkanes) is 11. The molecule has 1 N–H and O–H groups in total. The molecule has 0 radical (unpaired) electrons. The molecule has 0 bridgehead atoms. The van der Waals surface area contributed by atoms with E-state index < -0.39 is 6.23 Å². The molecule has 136 valence electrons. The number of hydrogen-bond acceptors (Lipinski definition) is 4. The van der Waals surface area contributed by atoms with Gasteiger partial charge in [-0.15, -0.1) is 5.11 Å². The molecule has 3 unspecified atom stereocenters. The number of nitrogens with zero attached hydrogens (tertiary/aromatic N) is 2. The molecule has 0 fully saturated rings. The lowest BCUT2D eigenvalue weighted by atomic mass is 9.92. The highest BCUT2D eigenvalue weighted by atomic mass is 16.7. The van der Waals surface area contributed by atoms with E-state index in [0.717, 1.165) is 12.8 Å². The van der Waals surface area contributed by atoms with Crippen LogP contribution in [0.2, 0.25) is 0 Å². The summed E-state index contributed by atoms with van der Waals surface area (Å²) in [6.07, 6.45) is 17.7. The van der Waals surface area contributed by atoms with Gasteiger partial charge in [-0.1, -0.05) is 90.9 Å². The Hall–Kier alpha value is -0.640. The minimum absolute atomic E-state index is 0.215. The van der Waals surface area contributed by atoms with Crippen LogP contribution in [0.1, 0.15) is 104 Å². The summed E-state index contributed by atoms with van der Waals surface area (Å²) in [5.41, 5.74) is 0. The van der Waals surface area contributed by atoms with Gasteiger partial charge in [0.25, 0.3) is 0 Å². The SMILES string of the molecule is CCCCCCCCCCCCCCC(CC)C1ON=NC1O. The molecule has 1 rings (SSSR count). The summed E-state index contributed by atoms with van der Waals surface area (Å²) < 4.78 is 0. The van der Waals surface area contributed by atoms with Gasteiger partial charge in [-0.25, -0.2) is 0 Å². The van der Waals surface area contributed by atoms with Gasteiger partial charge in [-0.05, 0) is 12.8 Å². The number of rotatable bonds is 15. The molecular weight excluding hydrogens is 288 g/mol. The van der Waals surface area contributed by atoms with E-state index in [1.165, 1.54) is 77.0 Å². The minimum Gasteiger partial charge on any atom is -0.371 e. The van der Waals surface area contributed by atoms with Gasteiger partial charge in [0.1, 0.15) is 0 Å². The van der Waals surface area contributed by atoms with E-state index in [1.54, 1.807) is 0 Å². The fraction of sp³-hybridized carbons (Fsp3) is 1.00. The van der Waals surface area contributed by atoms with Crippen molar-refractivity contribution in [2.45, 2.75) is 116 Å². The molecule has 23 heavy (non-hydrogen) atoms. The molecule has 1 heterocycles. The lowest BCUT2D eigenvalue weighted by Crippen LogP contribution is -2.30. The molecule has 0 aromatic heterocycles. The van der Waals surface area contributed by atoms with Gasteiger partial charge in [0.15, 0.2) is 6.10 Å². The molecule has 0 saturated heterocycles. The van der Waals surface area contributed by atoms with Gasteiger partial charge >= 0.3 is 0 Å². The van der Waals surface area contributed by atoms with E-state index in [9.17, 15) is 5.11 Å². The Bertz CT molecular complexity index is 297. The second-order valence-electron chi connectivity index (χ2n) is 7.03. The minimum atomic E-state index is -0.753. The first kappa shape index (κ1) is 20.4. The van der Waals surface area contributed by atoms with Crippen LogP contribution in [-0.4, -0.2) is 17.4 Å². The Morgan fingerprint density at radius 2 is 1.35 bits per heavy atom. The highest BCUT2D eigenvalue weighted by Gasteiger charge is 2.32. The fourth-order valence-corrected chi connectivity index (χ4v) is 3.43. The summed E-state index contributed by atoms with van der Waals surface area (Å²) in [5.74, 6) is 0.378. The molecule has 0 aromatic carbocycles. The van der Waals surface area contributed by atoms with Crippen LogP contribution in [0.3, 0.4) is 0 Å². The van der Waals surface area contributed by atoms with Crippen molar-refractivity contribution < 1.29 is 9.94 Å². The topological polar surface area (TPSA) is 54.2 Å². The number of aliphatic hydroxyl groups is 1. The predicted molar refractivity (Wildman–Crippen MR) is 95.2 cm³/mol. The Morgan fingerprint density at radius 1 is 0.826 bits per heavy atom. The third-order valence-corrected chi connectivity index (χ3v) is 5.05. The molecule has 4 nitrogen and oxygen atoms in total. The van der Waals surface area contributed by atoms with E-state index in [0.29, 0.717) is 5.92 Å². The van der Waals surface area contributed by atoms with Crippen LogP contribution in [-0.2, 0) is 4.84 Å². The van der Waals surface area contributed by atoms with Crippen LogP contribution in [0.25, 0.3) is 0 Å². The van der Waals surface area contributed by atoms with Gasteiger partial charge in [0, 0.05) is 11.2 Å². The third-order valence-electron chi connectivity index (χ3n) is 5.05. The lowest BCUT2D eigenvalue weighted by Gasteiger charge is -2.21. The molecule has 1 aliphatic heterocycles. The van der Waals surface area contributed by atoms with E-state index in [-0.39, 0.29) is 6.10 Å². The maximum atomic E-state index is 9.70. The molecular formula is C19H38N2O2. The second kappa shape index (κ2) is 13.8. The summed E-state index contributed by atoms with van der Waals surface area (Å²) in [7, 11) is 0. The average Bonchev–Trinajstić information content (AvgIpc) is 2.98. The first-order chi connectivity index (χ1) is 11.3. The average molecular weight is 327 g/mol. The predicted octanol–water partition coefficient (Wildman–Crippen LogP) is 6.19. The molecule has 4 heteroatoms. The van der Waals surface area contributed by atoms with Crippen LogP contribution in [0.5, 0.6) is 0 Å². The first-order valence-corrected chi connectivity index (χ1v) is 10.0. The summed E-state index contributed by atoms with van der Waals surface area (Å²) in [6, 6.07) is 0. The Morgan fingerprint density at radius 3 is 1.78 bits per heavy atom. The van der Waals surface area contributed by atoms with Gasteiger partial charge in [-0.2, -0.15) is 0 Å². The largest absolute Gasteiger partial charge is 0.371 e. The van der Waals surface area contributed by atoms with Crippen LogP contribution < -0.4 is 0 Å². The molecule has 1 aliphatic rings. The zero-order chi connectivity index (χ0) is 16.8. The van der Waals surface area contributed by atoms with E-state index >= 15 is 0 Å². The lowest BCUT2D eigenvalue weighted by molar-refractivity contribution is -0.0246. The van der Waals surface area contributed by atoms with Crippen LogP contribution >= 0.6 is 0 Å². The maximum absolute atomic E-state index is 9.70. The van der Waals surface area contributed by atoms with Gasteiger partial charge in [-0.3, -0.25) is 0 Å². The van der Waals surface area contributed by atoms with Crippen LogP contribution in [0.15, 0.2) is 10.4 Å². The standard InChI is InChI=1S/C19H38N2O2/c1-3-5-6-7-8-9-10-11-12-13-14-15-16-17(4-2)18-19(22)20-21-23-18/h17-19,22H,3-16H2,1-2H3.